The van der Waals surface area contributed by atoms with E-state index in [-0.39, 0.29) is 0 Å². The van der Waals surface area contributed by atoms with Crippen molar-refractivity contribution in [1.82, 2.24) is 14.9 Å². The van der Waals surface area contributed by atoms with Gasteiger partial charge in [0.2, 0.25) is 0 Å². The number of rotatable bonds is 9. The van der Waals surface area contributed by atoms with E-state index in [1.165, 1.54) is 12.8 Å². The van der Waals surface area contributed by atoms with Crippen molar-refractivity contribution in [3.63, 3.8) is 0 Å². The van der Waals surface area contributed by atoms with E-state index in [1.54, 1.807) is 0 Å². The lowest BCUT2D eigenvalue weighted by atomic mass is 10.3. The van der Waals surface area contributed by atoms with E-state index in [1.807, 2.05) is 6.07 Å². The molecule has 0 amide bonds. The molecule has 1 saturated carbocycles. The summed E-state index contributed by atoms with van der Waals surface area (Å²) in [5.74, 6) is 2.45. The number of hydrogen-bond donors (Lipinski definition) is 0. The Bertz CT molecular complexity index is 444. The Morgan fingerprint density at radius 3 is 2.38 bits per heavy atom. The highest BCUT2D eigenvalue weighted by Gasteiger charge is 2.27. The molecule has 1 aromatic rings. The molecule has 1 fully saturated rings. The fourth-order valence-corrected chi connectivity index (χ4v) is 2.75. The fourth-order valence-electron chi connectivity index (χ4n) is 2.57. The predicted molar refractivity (Wildman–Crippen MR) is 89.3 cm³/mol. The third-order valence-electron chi connectivity index (χ3n) is 4.14. The number of aromatic nitrogens is 2. The van der Waals surface area contributed by atoms with Crippen molar-refractivity contribution in [1.29, 1.82) is 0 Å². The Morgan fingerprint density at radius 2 is 1.81 bits per heavy atom. The summed E-state index contributed by atoms with van der Waals surface area (Å²) in [7, 11) is 0. The van der Waals surface area contributed by atoms with Gasteiger partial charge in [-0.3, -0.25) is 0 Å². The molecule has 0 aliphatic heterocycles. The normalized spacial score (nSPS) is 14.7. The van der Waals surface area contributed by atoms with Gasteiger partial charge in [0.25, 0.3) is 0 Å². The van der Waals surface area contributed by atoms with E-state index in [0.29, 0.717) is 11.1 Å². The molecule has 21 heavy (non-hydrogen) atoms. The lowest BCUT2D eigenvalue weighted by Crippen LogP contribution is -2.30. The number of halogens is 1. The lowest BCUT2D eigenvalue weighted by molar-refractivity contribution is 0.300. The molecule has 2 rings (SSSR count). The Morgan fingerprint density at radius 1 is 1.10 bits per heavy atom. The Labute approximate surface area is 133 Å². The third-order valence-corrected chi connectivity index (χ3v) is 4.34. The summed E-state index contributed by atoms with van der Waals surface area (Å²) in [6.45, 7) is 11.9. The van der Waals surface area contributed by atoms with E-state index in [2.05, 4.69) is 35.6 Å². The molecule has 118 valence electrons. The Balaban J connectivity index is 1.96. The predicted octanol–water partition coefficient (Wildman–Crippen LogP) is 3.57. The highest BCUT2D eigenvalue weighted by Crippen LogP contribution is 2.39. The average Bonchev–Trinajstić information content (AvgIpc) is 3.31. The highest BCUT2D eigenvalue weighted by molar-refractivity contribution is 6.29. The maximum Gasteiger partial charge on any atom is 0.135 e. The molecule has 0 bridgehead atoms. The van der Waals surface area contributed by atoms with Crippen molar-refractivity contribution in [2.45, 2.75) is 46.0 Å². The molecule has 0 radical (unpaired) electrons. The van der Waals surface area contributed by atoms with Crippen molar-refractivity contribution in [3.8, 4) is 0 Å². The molecule has 0 spiro atoms. The summed E-state index contributed by atoms with van der Waals surface area (Å²) >= 11 is 6.17. The Hall–Kier alpha value is -0.870. The van der Waals surface area contributed by atoms with E-state index < -0.39 is 0 Å². The van der Waals surface area contributed by atoms with Crippen LogP contribution in [0, 0.1) is 0 Å². The van der Waals surface area contributed by atoms with Crippen LogP contribution in [0.4, 0.5) is 5.82 Å². The van der Waals surface area contributed by atoms with E-state index in [4.69, 9.17) is 16.6 Å². The van der Waals surface area contributed by atoms with Crippen molar-refractivity contribution < 1.29 is 0 Å². The minimum absolute atomic E-state index is 0.539. The largest absolute Gasteiger partial charge is 0.357 e. The van der Waals surface area contributed by atoms with Crippen molar-refractivity contribution in [2.24, 2.45) is 0 Å². The number of nitrogens with zero attached hydrogens (tertiary/aromatic N) is 4. The minimum atomic E-state index is 0.539. The molecule has 1 aliphatic rings. The molecule has 0 unspecified atom stereocenters. The van der Waals surface area contributed by atoms with E-state index >= 15 is 0 Å². The number of anilines is 1. The second-order valence-corrected chi connectivity index (χ2v) is 6.03. The summed E-state index contributed by atoms with van der Waals surface area (Å²) in [6, 6.07) is 1.90. The molecule has 4 nitrogen and oxygen atoms in total. The van der Waals surface area contributed by atoms with Crippen LogP contribution in [-0.2, 0) is 0 Å². The van der Waals surface area contributed by atoms with Crippen LogP contribution in [-0.4, -0.2) is 47.6 Å². The third kappa shape index (κ3) is 4.82. The first-order chi connectivity index (χ1) is 10.2. The summed E-state index contributed by atoms with van der Waals surface area (Å²) in [6.07, 6.45) is 3.55. The zero-order valence-electron chi connectivity index (χ0n) is 13.5. The highest BCUT2D eigenvalue weighted by atomic mass is 35.5. The van der Waals surface area contributed by atoms with Crippen LogP contribution in [0.5, 0.6) is 0 Å². The van der Waals surface area contributed by atoms with Gasteiger partial charge in [-0.1, -0.05) is 25.4 Å². The van der Waals surface area contributed by atoms with Gasteiger partial charge in [-0.25, -0.2) is 9.97 Å². The summed E-state index contributed by atoms with van der Waals surface area (Å²) in [4.78, 5) is 13.9. The van der Waals surface area contributed by atoms with Gasteiger partial charge >= 0.3 is 0 Å². The van der Waals surface area contributed by atoms with Gasteiger partial charge in [0, 0.05) is 25.1 Å². The first-order valence-electron chi connectivity index (χ1n) is 8.19. The summed E-state index contributed by atoms with van der Waals surface area (Å²) in [5.41, 5.74) is 0. The fraction of sp³-hybridized carbons (Fsp3) is 0.750. The maximum absolute atomic E-state index is 6.17. The molecule has 0 atom stereocenters. The molecule has 0 saturated heterocycles. The van der Waals surface area contributed by atoms with Crippen molar-refractivity contribution >= 4 is 17.4 Å². The monoisotopic (exact) mass is 310 g/mol. The van der Waals surface area contributed by atoms with Crippen molar-refractivity contribution in [3.05, 3.63) is 17.0 Å². The Kier molecular flexibility index (Phi) is 6.24. The molecular weight excluding hydrogens is 284 g/mol. The summed E-state index contributed by atoms with van der Waals surface area (Å²) in [5, 5.41) is 0.573. The molecule has 0 aromatic carbocycles. The van der Waals surface area contributed by atoms with Gasteiger partial charge in [-0.2, -0.15) is 0 Å². The molecule has 5 heteroatoms. The van der Waals surface area contributed by atoms with Crippen molar-refractivity contribution in [2.75, 3.05) is 37.6 Å². The van der Waals surface area contributed by atoms with Crippen LogP contribution < -0.4 is 4.90 Å². The standard InChI is InChI=1S/C16H27ClN4/c1-4-20(5-2)10-7-11-21(6-3)15-12-14(17)18-16(19-15)13-8-9-13/h12-13H,4-11H2,1-3H3. The van der Waals surface area contributed by atoms with Gasteiger partial charge in [-0.15, -0.1) is 0 Å². The van der Waals surface area contributed by atoms with Crippen LogP contribution in [0.25, 0.3) is 0 Å². The molecule has 1 heterocycles. The lowest BCUT2D eigenvalue weighted by Gasteiger charge is -2.24. The van der Waals surface area contributed by atoms with Gasteiger partial charge in [-0.05, 0) is 45.8 Å². The van der Waals surface area contributed by atoms with Crippen LogP contribution in [0.1, 0.15) is 51.8 Å². The molecular formula is C16H27ClN4. The minimum Gasteiger partial charge on any atom is -0.357 e. The van der Waals surface area contributed by atoms with Crippen LogP contribution in [0.2, 0.25) is 5.15 Å². The summed E-state index contributed by atoms with van der Waals surface area (Å²) < 4.78 is 0. The molecule has 1 aromatic heterocycles. The van der Waals surface area contributed by atoms with Gasteiger partial charge in [0.05, 0.1) is 0 Å². The zero-order chi connectivity index (χ0) is 15.2. The average molecular weight is 311 g/mol. The molecule has 1 aliphatic carbocycles. The topological polar surface area (TPSA) is 32.3 Å². The number of hydrogen-bond acceptors (Lipinski definition) is 4. The molecule has 0 N–H and O–H groups in total. The zero-order valence-corrected chi connectivity index (χ0v) is 14.2. The SMILES string of the molecule is CCN(CC)CCCN(CC)c1cc(Cl)nc(C2CC2)n1. The second kappa shape index (κ2) is 7.95. The quantitative estimate of drug-likeness (QED) is 0.653. The first kappa shape index (κ1) is 16.5. The van der Waals surface area contributed by atoms with Gasteiger partial charge < -0.3 is 9.80 Å². The van der Waals surface area contributed by atoms with Crippen LogP contribution in [0.15, 0.2) is 6.07 Å². The first-order valence-corrected chi connectivity index (χ1v) is 8.57. The van der Waals surface area contributed by atoms with E-state index in [0.717, 1.165) is 50.8 Å². The van der Waals surface area contributed by atoms with Gasteiger partial charge in [0.15, 0.2) is 0 Å². The smallest absolute Gasteiger partial charge is 0.135 e. The van der Waals surface area contributed by atoms with Crippen LogP contribution >= 0.6 is 11.6 Å². The second-order valence-electron chi connectivity index (χ2n) is 5.64. The van der Waals surface area contributed by atoms with E-state index in [9.17, 15) is 0 Å². The maximum atomic E-state index is 6.17. The van der Waals surface area contributed by atoms with Gasteiger partial charge in [0.1, 0.15) is 16.8 Å². The van der Waals surface area contributed by atoms with Crippen LogP contribution in [0.3, 0.4) is 0 Å².